The van der Waals surface area contributed by atoms with Crippen LogP contribution >= 0.6 is 0 Å². The summed E-state index contributed by atoms with van der Waals surface area (Å²) in [5, 5.41) is 2.94. The van der Waals surface area contributed by atoms with Crippen molar-refractivity contribution < 1.29 is 4.79 Å². The van der Waals surface area contributed by atoms with E-state index in [4.69, 9.17) is 5.73 Å². The molecule has 0 aromatic rings. The Labute approximate surface area is 98.6 Å². The lowest BCUT2D eigenvalue weighted by molar-refractivity contribution is -0.127. The first-order chi connectivity index (χ1) is 7.41. The van der Waals surface area contributed by atoms with Gasteiger partial charge < -0.3 is 11.1 Å². The number of rotatable bonds is 3. The molecule has 0 bridgehead atoms. The van der Waals surface area contributed by atoms with E-state index < -0.39 is 0 Å². The molecule has 3 unspecified atom stereocenters. The summed E-state index contributed by atoms with van der Waals surface area (Å²) >= 11 is 0. The zero-order chi connectivity index (χ0) is 12.3. The maximum atomic E-state index is 11.8. The fraction of sp³-hybridized carbons (Fsp3) is 0.917. The van der Waals surface area contributed by atoms with Crippen LogP contribution in [0.3, 0.4) is 0 Å². The van der Waals surface area contributed by atoms with Crippen LogP contribution in [0.5, 0.6) is 0 Å². The van der Waals surface area contributed by atoms with Gasteiger partial charge in [0.25, 0.3) is 0 Å². The van der Waals surface area contributed by atoms with Crippen molar-refractivity contribution in [2.24, 2.45) is 11.7 Å². The van der Waals surface area contributed by atoms with Crippen LogP contribution in [0.25, 0.3) is 0 Å². The molecule has 1 aliphatic rings. The van der Waals surface area contributed by atoms with Crippen molar-refractivity contribution in [3.8, 4) is 0 Å². The average Bonchev–Trinajstić information content (AvgIpc) is 2.20. The molecule has 0 saturated carbocycles. The second-order valence-electron chi connectivity index (χ2n) is 5.26. The first-order valence-corrected chi connectivity index (χ1v) is 6.21. The van der Waals surface area contributed by atoms with Crippen LogP contribution in [0.1, 0.15) is 34.1 Å². The lowest BCUT2D eigenvalue weighted by Crippen LogP contribution is -2.55. The second kappa shape index (κ2) is 5.64. The number of nitrogens with zero attached hydrogens (tertiary/aromatic N) is 1. The summed E-state index contributed by atoms with van der Waals surface area (Å²) < 4.78 is 0. The maximum absolute atomic E-state index is 11.8. The van der Waals surface area contributed by atoms with E-state index in [-0.39, 0.29) is 24.0 Å². The third-order valence-corrected chi connectivity index (χ3v) is 3.41. The van der Waals surface area contributed by atoms with Crippen molar-refractivity contribution in [1.29, 1.82) is 0 Å². The topological polar surface area (TPSA) is 58.4 Å². The van der Waals surface area contributed by atoms with Crippen molar-refractivity contribution in [3.63, 3.8) is 0 Å². The Balaban J connectivity index is 2.48. The van der Waals surface area contributed by atoms with Crippen LogP contribution in [-0.2, 0) is 4.79 Å². The van der Waals surface area contributed by atoms with E-state index >= 15 is 0 Å². The highest BCUT2D eigenvalue weighted by atomic mass is 16.2. The van der Waals surface area contributed by atoms with Crippen LogP contribution < -0.4 is 11.1 Å². The smallest absolute Gasteiger partial charge is 0.237 e. The molecule has 0 aliphatic carbocycles. The van der Waals surface area contributed by atoms with Gasteiger partial charge in [0.1, 0.15) is 0 Å². The molecule has 1 saturated heterocycles. The Kier molecular flexibility index (Phi) is 4.74. The molecule has 3 N–H and O–H groups in total. The fourth-order valence-electron chi connectivity index (χ4n) is 2.05. The van der Waals surface area contributed by atoms with Crippen LogP contribution in [-0.4, -0.2) is 42.0 Å². The summed E-state index contributed by atoms with van der Waals surface area (Å²) in [5.41, 5.74) is 6.03. The molecule has 3 atom stereocenters. The molecule has 94 valence electrons. The number of hydrogen-bond donors (Lipinski definition) is 2. The summed E-state index contributed by atoms with van der Waals surface area (Å²) in [6.45, 7) is 9.90. The third-order valence-electron chi connectivity index (χ3n) is 3.41. The number of carbonyl (C=O) groups excluding carboxylic acids is 1. The highest BCUT2D eigenvalue weighted by Gasteiger charge is 2.29. The quantitative estimate of drug-likeness (QED) is 0.741. The van der Waals surface area contributed by atoms with E-state index in [0.29, 0.717) is 5.92 Å². The average molecular weight is 227 g/mol. The standard InChI is InChI=1S/C12H25N3O/c1-8(2)14-12(16)10(4)15-6-5-9(3)11(13)7-15/h8-11H,5-7,13H2,1-4H3,(H,14,16). The van der Waals surface area contributed by atoms with Crippen LogP contribution in [0.4, 0.5) is 0 Å². The largest absolute Gasteiger partial charge is 0.353 e. The van der Waals surface area contributed by atoms with Gasteiger partial charge in [0.05, 0.1) is 6.04 Å². The van der Waals surface area contributed by atoms with E-state index in [1.165, 1.54) is 0 Å². The van der Waals surface area contributed by atoms with Crippen molar-refractivity contribution in [2.45, 2.75) is 52.2 Å². The lowest BCUT2D eigenvalue weighted by Gasteiger charge is -2.38. The van der Waals surface area contributed by atoms with Crippen LogP contribution in [0.15, 0.2) is 0 Å². The molecule has 1 amide bonds. The number of nitrogens with two attached hydrogens (primary N) is 1. The first kappa shape index (κ1) is 13.5. The zero-order valence-corrected chi connectivity index (χ0v) is 10.9. The molecular formula is C12H25N3O. The minimum Gasteiger partial charge on any atom is -0.353 e. The Hall–Kier alpha value is -0.610. The van der Waals surface area contributed by atoms with Gasteiger partial charge in [-0.1, -0.05) is 6.92 Å². The summed E-state index contributed by atoms with van der Waals surface area (Å²) in [7, 11) is 0. The van der Waals surface area contributed by atoms with Crippen molar-refractivity contribution >= 4 is 5.91 Å². The highest BCUT2D eigenvalue weighted by Crippen LogP contribution is 2.17. The van der Waals surface area contributed by atoms with E-state index in [2.05, 4.69) is 17.1 Å². The summed E-state index contributed by atoms with van der Waals surface area (Å²) in [4.78, 5) is 14.0. The maximum Gasteiger partial charge on any atom is 0.237 e. The third kappa shape index (κ3) is 3.46. The van der Waals surface area contributed by atoms with Gasteiger partial charge in [-0.3, -0.25) is 9.69 Å². The second-order valence-corrected chi connectivity index (χ2v) is 5.26. The predicted octanol–water partition coefficient (Wildman–Crippen LogP) is 0.569. The predicted molar refractivity (Wildman–Crippen MR) is 66.1 cm³/mol. The first-order valence-electron chi connectivity index (χ1n) is 6.21. The molecule has 0 radical (unpaired) electrons. The fourth-order valence-corrected chi connectivity index (χ4v) is 2.05. The molecule has 0 spiro atoms. The monoisotopic (exact) mass is 227 g/mol. The molecule has 0 aromatic carbocycles. The van der Waals surface area contributed by atoms with Crippen LogP contribution in [0.2, 0.25) is 0 Å². The summed E-state index contributed by atoms with van der Waals surface area (Å²) in [6.07, 6.45) is 1.08. The van der Waals surface area contributed by atoms with Crippen molar-refractivity contribution in [3.05, 3.63) is 0 Å². The van der Waals surface area contributed by atoms with Gasteiger partial charge >= 0.3 is 0 Å². The van der Waals surface area contributed by atoms with Gasteiger partial charge in [0, 0.05) is 18.6 Å². The SMILES string of the molecule is CC(C)NC(=O)C(C)N1CCC(C)C(N)C1. The number of amides is 1. The Morgan fingerprint density at radius 1 is 1.44 bits per heavy atom. The molecule has 4 nitrogen and oxygen atoms in total. The number of likely N-dealkylation sites (tertiary alicyclic amines) is 1. The molecule has 1 rings (SSSR count). The van der Waals surface area contributed by atoms with Gasteiger partial charge in [-0.15, -0.1) is 0 Å². The number of hydrogen-bond acceptors (Lipinski definition) is 3. The Morgan fingerprint density at radius 3 is 2.56 bits per heavy atom. The van der Waals surface area contributed by atoms with E-state index in [1.54, 1.807) is 0 Å². The zero-order valence-electron chi connectivity index (χ0n) is 10.9. The van der Waals surface area contributed by atoms with Crippen molar-refractivity contribution in [2.75, 3.05) is 13.1 Å². The van der Waals surface area contributed by atoms with Crippen LogP contribution in [0, 0.1) is 5.92 Å². The minimum absolute atomic E-state index is 0.0686. The molecule has 4 heteroatoms. The highest BCUT2D eigenvalue weighted by molar-refractivity contribution is 5.81. The molecule has 1 aliphatic heterocycles. The summed E-state index contributed by atoms with van der Waals surface area (Å²) in [6, 6.07) is 0.330. The van der Waals surface area contributed by atoms with E-state index in [1.807, 2.05) is 20.8 Å². The number of nitrogens with one attached hydrogen (secondary N) is 1. The van der Waals surface area contributed by atoms with Gasteiger partial charge in [-0.25, -0.2) is 0 Å². The molecular weight excluding hydrogens is 202 g/mol. The van der Waals surface area contributed by atoms with Gasteiger partial charge in [0.15, 0.2) is 0 Å². The van der Waals surface area contributed by atoms with E-state index in [9.17, 15) is 4.79 Å². The van der Waals surface area contributed by atoms with Crippen molar-refractivity contribution in [1.82, 2.24) is 10.2 Å². The van der Waals surface area contributed by atoms with Gasteiger partial charge in [0.2, 0.25) is 5.91 Å². The normalized spacial score (nSPS) is 29.1. The number of piperidine rings is 1. The van der Waals surface area contributed by atoms with E-state index in [0.717, 1.165) is 19.5 Å². The molecule has 1 heterocycles. The lowest BCUT2D eigenvalue weighted by atomic mass is 9.93. The van der Waals surface area contributed by atoms with Gasteiger partial charge in [-0.05, 0) is 39.7 Å². The summed E-state index contributed by atoms with van der Waals surface area (Å²) in [5.74, 6) is 0.674. The molecule has 16 heavy (non-hydrogen) atoms. The Morgan fingerprint density at radius 2 is 2.06 bits per heavy atom. The molecule has 0 aromatic heterocycles. The Bertz CT molecular complexity index is 242. The molecule has 1 fully saturated rings. The number of carbonyl (C=O) groups is 1. The minimum atomic E-state index is -0.0686. The van der Waals surface area contributed by atoms with Gasteiger partial charge in [-0.2, -0.15) is 0 Å².